The van der Waals surface area contributed by atoms with Crippen LogP contribution in [0.4, 0.5) is 0 Å². The summed E-state index contributed by atoms with van der Waals surface area (Å²) in [5.41, 5.74) is 3.45. The molecule has 1 aromatic carbocycles. The molecule has 4 nitrogen and oxygen atoms in total. The van der Waals surface area contributed by atoms with E-state index in [1.165, 1.54) is 49.8 Å². The number of amides is 1. The van der Waals surface area contributed by atoms with E-state index in [1.807, 2.05) is 0 Å². The maximum atomic E-state index is 12.8. The molecule has 1 aromatic heterocycles. The summed E-state index contributed by atoms with van der Waals surface area (Å²) >= 11 is 0. The maximum Gasteiger partial charge on any atom is 0.251 e. The summed E-state index contributed by atoms with van der Waals surface area (Å²) in [6, 6.07) is 12.4. The van der Waals surface area contributed by atoms with E-state index in [-0.39, 0.29) is 11.9 Å². The first-order valence-electron chi connectivity index (χ1n) is 10.8. The average molecular weight is 376 g/mol. The summed E-state index contributed by atoms with van der Waals surface area (Å²) in [7, 11) is 0. The highest BCUT2D eigenvalue weighted by Crippen LogP contribution is 2.49. The third kappa shape index (κ3) is 3.35. The molecule has 2 aromatic rings. The van der Waals surface area contributed by atoms with Crippen molar-refractivity contribution in [1.29, 1.82) is 0 Å². The number of nitrogens with one attached hydrogen (secondary N) is 1. The van der Waals surface area contributed by atoms with Gasteiger partial charge in [0, 0.05) is 49.4 Å². The largest absolute Gasteiger partial charge is 0.345 e. The lowest BCUT2D eigenvalue weighted by Crippen LogP contribution is -2.35. The zero-order chi connectivity index (χ0) is 18.9. The minimum atomic E-state index is 0.00795. The van der Waals surface area contributed by atoms with Gasteiger partial charge in [-0.25, -0.2) is 0 Å². The lowest BCUT2D eigenvalue weighted by Gasteiger charge is -2.28. The molecule has 28 heavy (non-hydrogen) atoms. The summed E-state index contributed by atoms with van der Waals surface area (Å²) < 4.78 is 0. The smallest absolute Gasteiger partial charge is 0.251 e. The molecule has 1 saturated carbocycles. The second-order valence-corrected chi connectivity index (χ2v) is 8.81. The predicted octanol–water partition coefficient (Wildman–Crippen LogP) is 4.16. The molecule has 2 aliphatic carbocycles. The molecule has 146 valence electrons. The molecule has 1 N–H and O–H groups in total. The first-order chi connectivity index (χ1) is 13.8. The van der Waals surface area contributed by atoms with Crippen LogP contribution in [0.5, 0.6) is 0 Å². The van der Waals surface area contributed by atoms with E-state index in [4.69, 9.17) is 0 Å². The summed E-state index contributed by atoms with van der Waals surface area (Å²) in [6.45, 7) is 3.47. The van der Waals surface area contributed by atoms with Gasteiger partial charge in [-0.15, -0.1) is 0 Å². The van der Waals surface area contributed by atoms with Crippen molar-refractivity contribution in [3.05, 3.63) is 65.5 Å². The number of benzene rings is 1. The van der Waals surface area contributed by atoms with Crippen LogP contribution in [0, 0.1) is 11.8 Å². The van der Waals surface area contributed by atoms with Gasteiger partial charge in [0.1, 0.15) is 0 Å². The maximum absolute atomic E-state index is 12.8. The van der Waals surface area contributed by atoms with E-state index in [1.54, 1.807) is 24.5 Å². The summed E-state index contributed by atoms with van der Waals surface area (Å²) in [5, 5.41) is 3.35. The van der Waals surface area contributed by atoms with Crippen molar-refractivity contribution in [2.24, 2.45) is 11.8 Å². The van der Waals surface area contributed by atoms with Crippen molar-refractivity contribution in [2.75, 3.05) is 19.6 Å². The molecule has 0 unspecified atom stereocenters. The van der Waals surface area contributed by atoms with E-state index >= 15 is 0 Å². The minimum Gasteiger partial charge on any atom is -0.345 e. The molecule has 2 fully saturated rings. The number of hydrogen-bond acceptors (Lipinski definition) is 3. The van der Waals surface area contributed by atoms with Crippen LogP contribution in [0.2, 0.25) is 0 Å². The van der Waals surface area contributed by atoms with Crippen LogP contribution in [0.1, 0.15) is 65.5 Å². The van der Waals surface area contributed by atoms with Crippen molar-refractivity contribution >= 4 is 5.91 Å². The number of fused-ring (bicyclic) bond motifs is 3. The molecule has 1 saturated heterocycles. The van der Waals surface area contributed by atoms with Gasteiger partial charge in [0.25, 0.3) is 5.91 Å². The number of hydrogen-bond donors (Lipinski definition) is 1. The Morgan fingerprint density at radius 1 is 1.00 bits per heavy atom. The van der Waals surface area contributed by atoms with Crippen molar-refractivity contribution < 1.29 is 4.79 Å². The molecule has 2 heterocycles. The molecule has 0 bridgehead atoms. The summed E-state index contributed by atoms with van der Waals surface area (Å²) in [5.74, 6) is 1.90. The number of nitrogens with zero attached hydrogens (tertiary/aromatic N) is 2. The highest BCUT2D eigenvalue weighted by Gasteiger charge is 2.46. The average Bonchev–Trinajstić information content (AvgIpc) is 3.27. The Kier molecular flexibility index (Phi) is 4.89. The Morgan fingerprint density at radius 3 is 2.54 bits per heavy atom. The number of carbonyl (C=O) groups excluding carboxylic acids is 1. The van der Waals surface area contributed by atoms with E-state index in [0.717, 1.165) is 19.0 Å². The van der Waals surface area contributed by atoms with Gasteiger partial charge < -0.3 is 10.2 Å². The topological polar surface area (TPSA) is 45.2 Å². The fourth-order valence-corrected chi connectivity index (χ4v) is 5.74. The van der Waals surface area contributed by atoms with Crippen LogP contribution in [-0.4, -0.2) is 35.4 Å². The molecule has 1 aliphatic heterocycles. The molecular formula is C24H29N3O. The molecular weight excluding hydrogens is 346 g/mol. The van der Waals surface area contributed by atoms with Gasteiger partial charge in [-0.05, 0) is 42.0 Å². The van der Waals surface area contributed by atoms with E-state index in [0.29, 0.717) is 17.4 Å². The number of likely N-dealkylation sites (tertiary alicyclic amines) is 1. The zero-order valence-electron chi connectivity index (χ0n) is 16.4. The van der Waals surface area contributed by atoms with Gasteiger partial charge in [0.05, 0.1) is 6.04 Å². The van der Waals surface area contributed by atoms with E-state index < -0.39 is 0 Å². The Hall–Kier alpha value is -2.20. The lowest BCUT2D eigenvalue weighted by molar-refractivity contribution is 0.0923. The number of carbonyl (C=O) groups is 1. The minimum absolute atomic E-state index is 0.00795. The lowest BCUT2D eigenvalue weighted by atomic mass is 9.89. The quantitative estimate of drug-likeness (QED) is 0.873. The fraction of sp³-hybridized carbons (Fsp3) is 0.500. The van der Waals surface area contributed by atoms with Gasteiger partial charge in [-0.1, -0.05) is 43.5 Å². The normalized spacial score (nSPS) is 27.4. The van der Waals surface area contributed by atoms with Crippen molar-refractivity contribution in [2.45, 2.75) is 44.1 Å². The highest BCUT2D eigenvalue weighted by atomic mass is 16.1. The monoisotopic (exact) mass is 375 g/mol. The van der Waals surface area contributed by atoms with E-state index in [2.05, 4.69) is 39.5 Å². The van der Waals surface area contributed by atoms with Gasteiger partial charge in [0.15, 0.2) is 0 Å². The fourth-order valence-electron chi connectivity index (χ4n) is 5.74. The number of pyridine rings is 1. The van der Waals surface area contributed by atoms with Crippen LogP contribution in [0.25, 0.3) is 0 Å². The van der Waals surface area contributed by atoms with E-state index in [9.17, 15) is 4.79 Å². The van der Waals surface area contributed by atoms with Crippen LogP contribution < -0.4 is 5.32 Å². The molecule has 3 aliphatic rings. The molecule has 3 atom stereocenters. The third-order valence-electron chi connectivity index (χ3n) is 7.07. The summed E-state index contributed by atoms with van der Waals surface area (Å²) in [4.78, 5) is 19.5. The predicted molar refractivity (Wildman–Crippen MR) is 110 cm³/mol. The number of aromatic nitrogens is 1. The summed E-state index contributed by atoms with van der Waals surface area (Å²) in [6.07, 6.45) is 10.4. The second kappa shape index (κ2) is 7.67. The van der Waals surface area contributed by atoms with Gasteiger partial charge in [-0.3, -0.25) is 9.78 Å². The molecule has 5 rings (SSSR count). The third-order valence-corrected chi connectivity index (χ3v) is 7.07. The molecule has 1 amide bonds. The molecule has 4 heteroatoms. The molecule has 0 spiro atoms. The standard InChI is InChI=1S/C24H29N3O/c28-24(18-10-12-25-13-11-18)26-23-20-9-5-4-8-19(20)21-15-27(16-22(21)23)14-17-6-2-1-3-7-17/h4-5,8-13,17,21-23H,1-3,6-7,14-16H2,(H,26,28)/t21-,22-,23+/m0/s1. The van der Waals surface area contributed by atoms with Crippen molar-refractivity contribution in [1.82, 2.24) is 15.2 Å². The first-order valence-corrected chi connectivity index (χ1v) is 10.8. The van der Waals surface area contributed by atoms with Gasteiger partial charge >= 0.3 is 0 Å². The highest BCUT2D eigenvalue weighted by molar-refractivity contribution is 5.94. The Morgan fingerprint density at radius 2 is 1.75 bits per heavy atom. The molecule has 0 radical (unpaired) electrons. The van der Waals surface area contributed by atoms with Crippen LogP contribution >= 0.6 is 0 Å². The van der Waals surface area contributed by atoms with Crippen LogP contribution in [0.15, 0.2) is 48.8 Å². The van der Waals surface area contributed by atoms with Crippen LogP contribution in [-0.2, 0) is 0 Å². The van der Waals surface area contributed by atoms with Crippen molar-refractivity contribution in [3.63, 3.8) is 0 Å². The first kappa shape index (κ1) is 17.9. The second-order valence-electron chi connectivity index (χ2n) is 8.81. The van der Waals surface area contributed by atoms with Crippen molar-refractivity contribution in [3.8, 4) is 0 Å². The Balaban J connectivity index is 1.34. The SMILES string of the molecule is O=C(N[C@@H]1c2ccccc2[C@@H]2CN(CC3CCCCC3)C[C@H]12)c1ccncc1. The van der Waals surface area contributed by atoms with Crippen LogP contribution in [0.3, 0.4) is 0 Å². The Bertz CT molecular complexity index is 831. The zero-order valence-corrected chi connectivity index (χ0v) is 16.4. The van der Waals surface area contributed by atoms with Gasteiger partial charge in [-0.2, -0.15) is 0 Å². The Labute approximate surface area is 167 Å². The van der Waals surface area contributed by atoms with Gasteiger partial charge in [0.2, 0.25) is 0 Å². The number of rotatable bonds is 4.